The SMILES string of the molecule is COc1ccccc1C(=O)COC(=O)CNS(=O)(=O)c1cccs1. The van der Waals surface area contributed by atoms with Gasteiger partial charge in [0.1, 0.15) is 16.5 Å². The lowest BCUT2D eigenvalue weighted by atomic mass is 10.1. The van der Waals surface area contributed by atoms with Gasteiger partial charge in [0, 0.05) is 0 Å². The molecule has 0 aliphatic carbocycles. The molecular weight excluding hydrogens is 354 g/mol. The third-order valence-electron chi connectivity index (χ3n) is 2.94. The first-order valence-electron chi connectivity index (χ1n) is 6.79. The molecule has 0 bridgehead atoms. The molecule has 9 heteroatoms. The van der Waals surface area contributed by atoms with Crippen molar-refractivity contribution in [2.24, 2.45) is 0 Å². The van der Waals surface area contributed by atoms with Crippen molar-refractivity contribution in [1.29, 1.82) is 0 Å². The number of benzene rings is 1. The number of esters is 1. The van der Waals surface area contributed by atoms with Crippen LogP contribution in [0.15, 0.2) is 46.0 Å². The van der Waals surface area contributed by atoms with Crippen LogP contribution in [0.1, 0.15) is 10.4 Å². The average Bonchev–Trinajstić information content (AvgIpc) is 3.13. The van der Waals surface area contributed by atoms with Crippen molar-refractivity contribution in [3.8, 4) is 5.75 Å². The monoisotopic (exact) mass is 369 g/mol. The minimum Gasteiger partial charge on any atom is -0.496 e. The average molecular weight is 369 g/mol. The van der Waals surface area contributed by atoms with E-state index >= 15 is 0 Å². The van der Waals surface area contributed by atoms with E-state index in [-0.39, 0.29) is 9.77 Å². The number of para-hydroxylation sites is 1. The summed E-state index contributed by atoms with van der Waals surface area (Å²) >= 11 is 1.03. The van der Waals surface area contributed by atoms with Crippen LogP contribution in [0.5, 0.6) is 5.75 Å². The number of thiophene rings is 1. The van der Waals surface area contributed by atoms with Crippen LogP contribution < -0.4 is 9.46 Å². The van der Waals surface area contributed by atoms with Crippen molar-refractivity contribution in [1.82, 2.24) is 4.72 Å². The maximum atomic E-state index is 12.0. The van der Waals surface area contributed by atoms with E-state index in [1.807, 2.05) is 0 Å². The smallest absolute Gasteiger partial charge is 0.321 e. The Bertz CT molecular complexity index is 814. The zero-order chi connectivity index (χ0) is 17.6. The van der Waals surface area contributed by atoms with Crippen molar-refractivity contribution in [3.05, 3.63) is 47.3 Å². The molecule has 0 amide bonds. The molecule has 0 aliphatic heterocycles. The fourth-order valence-corrected chi connectivity index (χ4v) is 3.80. The van der Waals surface area contributed by atoms with E-state index in [4.69, 9.17) is 9.47 Å². The summed E-state index contributed by atoms with van der Waals surface area (Å²) in [5.41, 5.74) is 0.284. The molecular formula is C15H15NO6S2. The maximum Gasteiger partial charge on any atom is 0.321 e. The topological polar surface area (TPSA) is 98.8 Å². The number of ether oxygens (including phenoxy) is 2. The van der Waals surface area contributed by atoms with Crippen LogP contribution in [0.25, 0.3) is 0 Å². The molecule has 0 spiro atoms. The van der Waals surface area contributed by atoms with Gasteiger partial charge in [0.15, 0.2) is 6.61 Å². The second kappa shape index (κ2) is 8.04. The fraction of sp³-hybridized carbons (Fsp3) is 0.200. The van der Waals surface area contributed by atoms with Crippen molar-refractivity contribution in [2.75, 3.05) is 20.3 Å². The summed E-state index contributed by atoms with van der Waals surface area (Å²) in [6.07, 6.45) is 0. The molecule has 0 unspecified atom stereocenters. The number of rotatable bonds is 8. The second-order valence-electron chi connectivity index (χ2n) is 4.54. The van der Waals surface area contributed by atoms with Crippen LogP contribution >= 0.6 is 11.3 Å². The van der Waals surface area contributed by atoms with E-state index in [0.29, 0.717) is 5.75 Å². The zero-order valence-corrected chi connectivity index (χ0v) is 14.4. The van der Waals surface area contributed by atoms with Crippen LogP contribution in [0.3, 0.4) is 0 Å². The highest BCUT2D eigenvalue weighted by Crippen LogP contribution is 2.18. The minimum atomic E-state index is -3.75. The van der Waals surface area contributed by atoms with Gasteiger partial charge in [-0.15, -0.1) is 11.3 Å². The Morgan fingerprint density at radius 3 is 2.58 bits per heavy atom. The van der Waals surface area contributed by atoms with Gasteiger partial charge in [0.25, 0.3) is 10.0 Å². The molecule has 1 aromatic heterocycles. The van der Waals surface area contributed by atoms with Crippen LogP contribution in [0, 0.1) is 0 Å². The van der Waals surface area contributed by atoms with Gasteiger partial charge in [-0.3, -0.25) is 9.59 Å². The number of Topliss-reactive ketones (excluding diaryl/α,β-unsaturated/α-hetero) is 1. The molecule has 1 aromatic carbocycles. The maximum absolute atomic E-state index is 12.0. The van der Waals surface area contributed by atoms with Gasteiger partial charge in [0.2, 0.25) is 5.78 Å². The van der Waals surface area contributed by atoms with E-state index in [0.717, 1.165) is 11.3 Å². The van der Waals surface area contributed by atoms with E-state index in [1.165, 1.54) is 13.2 Å². The largest absolute Gasteiger partial charge is 0.496 e. The predicted molar refractivity (Wildman–Crippen MR) is 87.8 cm³/mol. The Hall–Kier alpha value is -2.23. The van der Waals surface area contributed by atoms with Crippen LogP contribution in [-0.2, 0) is 19.6 Å². The van der Waals surface area contributed by atoms with Gasteiger partial charge in [-0.05, 0) is 23.6 Å². The number of hydrogen-bond donors (Lipinski definition) is 1. The third-order valence-corrected chi connectivity index (χ3v) is 5.74. The lowest BCUT2D eigenvalue weighted by Gasteiger charge is -2.08. The highest BCUT2D eigenvalue weighted by atomic mass is 32.2. The molecule has 0 saturated carbocycles. The Morgan fingerprint density at radius 2 is 1.92 bits per heavy atom. The first-order chi connectivity index (χ1) is 11.4. The number of carbonyl (C=O) groups excluding carboxylic acids is 2. The van der Waals surface area contributed by atoms with Gasteiger partial charge >= 0.3 is 5.97 Å². The lowest BCUT2D eigenvalue weighted by molar-refractivity contribution is -0.141. The molecule has 128 valence electrons. The van der Waals surface area contributed by atoms with Crippen molar-refractivity contribution >= 4 is 33.1 Å². The number of nitrogens with one attached hydrogen (secondary N) is 1. The summed E-state index contributed by atoms with van der Waals surface area (Å²) in [7, 11) is -2.32. The van der Waals surface area contributed by atoms with Crippen molar-refractivity contribution in [3.63, 3.8) is 0 Å². The zero-order valence-electron chi connectivity index (χ0n) is 12.7. The van der Waals surface area contributed by atoms with Gasteiger partial charge in [0.05, 0.1) is 12.7 Å². The molecule has 1 N–H and O–H groups in total. The molecule has 0 aliphatic rings. The van der Waals surface area contributed by atoms with Gasteiger partial charge in [-0.25, -0.2) is 8.42 Å². The Morgan fingerprint density at radius 1 is 1.17 bits per heavy atom. The predicted octanol–water partition coefficient (Wildman–Crippen LogP) is 1.46. The second-order valence-corrected chi connectivity index (χ2v) is 7.48. The number of methoxy groups -OCH3 is 1. The molecule has 7 nitrogen and oxygen atoms in total. The van der Waals surface area contributed by atoms with E-state index in [2.05, 4.69) is 4.72 Å². The molecule has 2 aromatic rings. The summed E-state index contributed by atoms with van der Waals surface area (Å²) in [6.45, 7) is -1.06. The minimum absolute atomic E-state index is 0.0976. The van der Waals surface area contributed by atoms with Gasteiger partial charge < -0.3 is 9.47 Å². The molecule has 0 radical (unpaired) electrons. The van der Waals surface area contributed by atoms with Crippen molar-refractivity contribution < 1.29 is 27.5 Å². The number of ketones is 1. The van der Waals surface area contributed by atoms with E-state index < -0.39 is 34.9 Å². The van der Waals surface area contributed by atoms with Crippen molar-refractivity contribution in [2.45, 2.75) is 4.21 Å². The molecule has 0 saturated heterocycles. The highest BCUT2D eigenvalue weighted by Gasteiger charge is 2.18. The summed E-state index contributed by atoms with van der Waals surface area (Å²) in [5, 5.41) is 1.61. The van der Waals surface area contributed by atoms with Crippen LogP contribution in [0.2, 0.25) is 0 Å². The Balaban J connectivity index is 1.86. The van der Waals surface area contributed by atoms with E-state index in [1.54, 1.807) is 35.7 Å². The lowest BCUT2D eigenvalue weighted by Crippen LogP contribution is -2.31. The van der Waals surface area contributed by atoms with Crippen LogP contribution in [0.4, 0.5) is 0 Å². The van der Waals surface area contributed by atoms with E-state index in [9.17, 15) is 18.0 Å². The summed E-state index contributed by atoms with van der Waals surface area (Å²) in [4.78, 5) is 23.6. The summed E-state index contributed by atoms with van der Waals surface area (Å²) < 4.78 is 35.8. The van der Waals surface area contributed by atoms with Gasteiger partial charge in [-0.1, -0.05) is 18.2 Å². The molecule has 0 atom stereocenters. The number of carbonyl (C=O) groups is 2. The number of sulfonamides is 1. The quantitative estimate of drug-likeness (QED) is 0.559. The fourth-order valence-electron chi connectivity index (χ4n) is 1.79. The molecule has 24 heavy (non-hydrogen) atoms. The number of hydrogen-bond acceptors (Lipinski definition) is 7. The summed E-state index contributed by atoms with van der Waals surface area (Å²) in [5.74, 6) is -0.919. The molecule has 2 rings (SSSR count). The summed E-state index contributed by atoms with van der Waals surface area (Å²) in [6, 6.07) is 9.54. The first kappa shape index (κ1) is 18.1. The molecule has 1 heterocycles. The standard InChI is InChI=1S/C15H15NO6S2/c1-21-13-6-3-2-5-11(13)12(17)10-22-14(18)9-16-24(19,20)15-7-4-8-23-15/h2-8,16H,9-10H2,1H3. The van der Waals surface area contributed by atoms with Crippen LogP contribution in [-0.4, -0.2) is 40.4 Å². The normalized spacial score (nSPS) is 11.0. The van der Waals surface area contributed by atoms with Gasteiger partial charge in [-0.2, -0.15) is 4.72 Å². The Kier molecular flexibility index (Phi) is 6.07. The highest BCUT2D eigenvalue weighted by molar-refractivity contribution is 7.91. The molecule has 0 fully saturated rings. The third kappa shape index (κ3) is 4.63. The Labute approximate surface area is 143 Å². The first-order valence-corrected chi connectivity index (χ1v) is 9.15.